The second-order valence-electron chi connectivity index (χ2n) is 18.5. The van der Waals surface area contributed by atoms with Crippen LogP contribution in [-0.2, 0) is 38.0 Å². The van der Waals surface area contributed by atoms with Gasteiger partial charge >= 0.3 is 11.9 Å². The summed E-state index contributed by atoms with van der Waals surface area (Å²) in [6.07, 6.45) is -24.9. The molecule has 3 aliphatic rings. The quantitative estimate of drug-likeness (QED) is 0.0276. The molecule has 0 spiro atoms. The molecule has 28 heteroatoms. The van der Waals surface area contributed by atoms with Gasteiger partial charge in [-0.2, -0.15) is 0 Å². The Bertz CT molecular complexity index is 3130. The summed E-state index contributed by atoms with van der Waals surface area (Å²) in [4.78, 5) is 40.6. The summed E-state index contributed by atoms with van der Waals surface area (Å²) in [7, 11) is 2.58. The second-order valence-corrected chi connectivity index (χ2v) is 18.5. The van der Waals surface area contributed by atoms with Crippen LogP contribution in [0.15, 0.2) is 88.1 Å². The first kappa shape index (κ1) is 59.3. The minimum Gasteiger partial charge on any atom is -0.508 e. The predicted octanol–water partition coefficient (Wildman–Crippen LogP) is -1.28. The van der Waals surface area contributed by atoms with Crippen molar-refractivity contribution in [2.24, 2.45) is 0 Å². The number of hydrogen-bond donors (Lipinski definition) is 14. The molecule has 1 aromatic heterocycles. The van der Waals surface area contributed by atoms with Crippen molar-refractivity contribution in [3.8, 4) is 63.1 Å². The summed E-state index contributed by atoms with van der Waals surface area (Å²) in [5.41, 5.74) is -1.10. The maximum atomic E-state index is 14.8. The molecule has 3 aliphatic heterocycles. The van der Waals surface area contributed by atoms with Gasteiger partial charge in [-0.25, -0.2) is 9.59 Å². The molecule has 0 amide bonds. The number of phenols is 5. The highest BCUT2D eigenvalue weighted by molar-refractivity contribution is 5.89. The topological polar surface area (TPSA) is 440 Å². The summed E-state index contributed by atoms with van der Waals surface area (Å²) < 4.78 is 62.0. The van der Waals surface area contributed by atoms with Crippen LogP contribution in [0.4, 0.5) is 0 Å². The normalized spacial score (nSPS) is 28.7. The van der Waals surface area contributed by atoms with E-state index in [2.05, 4.69) is 0 Å². The standard InChI is InChI=1S/C53H56O28/c1-71-30-14-22(15-31(72-2)38(30)61)5-12-36(60)73-19-33-40(63)44(67)47(70)52(78-33)81-50-45(68)41(64)34(20-74-35(59)11-4-21-3-10-26(56)27(57)13-21)79-53(50)80-49-42(65)37-28(58)16-25(75-51-46(69)43(66)39(62)32(18-54)77-51)17-29(37)76-48(49)23-6-8-24(55)9-7-23/h3-17,32-34,39-41,43-47,50-58,61-64,66-70H,18-20H2,1-2H3. The Balaban J connectivity index is 1.11. The molecule has 5 aromatic rings. The van der Waals surface area contributed by atoms with E-state index in [1.54, 1.807) is 0 Å². The van der Waals surface area contributed by atoms with E-state index < -0.39 is 169 Å². The van der Waals surface area contributed by atoms with Gasteiger partial charge in [-0.05, 0) is 71.8 Å². The predicted molar refractivity (Wildman–Crippen MR) is 269 cm³/mol. The Morgan fingerprint density at radius 2 is 1.12 bits per heavy atom. The Kier molecular flexibility index (Phi) is 18.5. The molecule has 0 aliphatic carbocycles. The van der Waals surface area contributed by atoms with E-state index in [0.29, 0.717) is 5.56 Å². The molecule has 15 atom stereocenters. The number of rotatable bonds is 18. The first-order valence-electron chi connectivity index (χ1n) is 24.4. The van der Waals surface area contributed by atoms with Crippen molar-refractivity contribution < 1.29 is 133 Å². The van der Waals surface area contributed by atoms with E-state index in [1.807, 2.05) is 0 Å². The molecule has 4 aromatic carbocycles. The summed E-state index contributed by atoms with van der Waals surface area (Å²) >= 11 is 0. The smallest absolute Gasteiger partial charge is 0.330 e. The molecule has 81 heavy (non-hydrogen) atoms. The van der Waals surface area contributed by atoms with Crippen LogP contribution < -0.4 is 24.4 Å². The number of phenolic OH excluding ortho intramolecular Hbond substituents is 5. The molecule has 3 fully saturated rings. The lowest BCUT2D eigenvalue weighted by Crippen LogP contribution is -2.65. The number of aromatic hydroxyl groups is 5. The molecule has 14 N–H and O–H groups in total. The highest BCUT2D eigenvalue weighted by Gasteiger charge is 2.53. The summed E-state index contributed by atoms with van der Waals surface area (Å²) in [6, 6.07) is 13.2. The van der Waals surface area contributed by atoms with Crippen LogP contribution in [0.2, 0.25) is 0 Å². The highest BCUT2D eigenvalue weighted by Crippen LogP contribution is 2.41. The highest BCUT2D eigenvalue weighted by atomic mass is 16.8. The van der Waals surface area contributed by atoms with E-state index in [4.69, 9.17) is 51.8 Å². The van der Waals surface area contributed by atoms with Crippen molar-refractivity contribution in [3.63, 3.8) is 0 Å². The van der Waals surface area contributed by atoms with Gasteiger partial charge in [0.2, 0.25) is 29.5 Å². The lowest BCUT2D eigenvalue weighted by Gasteiger charge is -2.46. The van der Waals surface area contributed by atoms with E-state index in [9.17, 15) is 85.9 Å². The number of fused-ring (bicyclic) bond motifs is 1. The van der Waals surface area contributed by atoms with Crippen molar-refractivity contribution in [1.82, 2.24) is 0 Å². The van der Waals surface area contributed by atoms with Crippen LogP contribution in [0.5, 0.6) is 51.7 Å². The molecule has 0 radical (unpaired) electrons. The number of methoxy groups -OCH3 is 2. The molecular formula is C53H56O28. The number of ether oxygens (including phenoxy) is 10. The van der Waals surface area contributed by atoms with Crippen LogP contribution in [0.3, 0.4) is 0 Å². The van der Waals surface area contributed by atoms with Crippen molar-refractivity contribution >= 4 is 35.1 Å². The number of carbonyl (C=O) groups excluding carboxylic acids is 2. The molecule has 436 valence electrons. The van der Waals surface area contributed by atoms with Crippen LogP contribution in [-0.4, -0.2) is 210 Å². The van der Waals surface area contributed by atoms with E-state index in [-0.39, 0.29) is 39.9 Å². The molecule has 15 unspecified atom stereocenters. The van der Waals surface area contributed by atoms with Gasteiger partial charge in [0.05, 0.1) is 20.8 Å². The Morgan fingerprint density at radius 1 is 0.568 bits per heavy atom. The zero-order chi connectivity index (χ0) is 58.6. The van der Waals surface area contributed by atoms with Crippen molar-refractivity contribution in [2.75, 3.05) is 34.0 Å². The van der Waals surface area contributed by atoms with Gasteiger partial charge in [0.25, 0.3) is 0 Å². The number of esters is 2. The minimum atomic E-state index is -2.23. The average Bonchev–Trinajstić information content (AvgIpc) is 3.54. The Hall–Kier alpha value is -7.81. The fourth-order valence-corrected chi connectivity index (χ4v) is 8.66. The Morgan fingerprint density at radius 3 is 1.72 bits per heavy atom. The summed E-state index contributed by atoms with van der Waals surface area (Å²) in [5.74, 6) is -6.11. The van der Waals surface area contributed by atoms with Crippen LogP contribution in [0, 0.1) is 0 Å². The minimum absolute atomic E-state index is 0.0168. The SMILES string of the molecule is COc1cc(C=CC(=O)OCC2OC(OC3C(Oc4c(-c5ccc(O)cc5)oc5cc(OC6OC(CO)C(O)C(O)C6O)cc(O)c5c4=O)OC(COC(=O)C=Cc4ccc(O)c(O)c4)C(O)C3O)C(O)C(O)C2O)cc(OC)c1O. The van der Waals surface area contributed by atoms with Gasteiger partial charge in [-0.3, -0.25) is 4.79 Å². The third kappa shape index (κ3) is 13.0. The maximum Gasteiger partial charge on any atom is 0.330 e. The first-order chi connectivity index (χ1) is 38.6. The van der Waals surface area contributed by atoms with Crippen LogP contribution in [0.25, 0.3) is 34.4 Å². The number of hydrogen-bond acceptors (Lipinski definition) is 28. The average molecular weight is 1140 g/mol. The zero-order valence-corrected chi connectivity index (χ0v) is 42.4. The van der Waals surface area contributed by atoms with E-state index in [0.717, 1.165) is 36.4 Å². The van der Waals surface area contributed by atoms with Crippen molar-refractivity contribution in [1.29, 1.82) is 0 Å². The monoisotopic (exact) mass is 1140 g/mol. The third-order valence-corrected chi connectivity index (χ3v) is 13.1. The number of aliphatic hydroxyl groups excluding tert-OH is 9. The fourth-order valence-electron chi connectivity index (χ4n) is 8.66. The number of carbonyl (C=O) groups is 2. The molecule has 0 saturated carbocycles. The summed E-state index contributed by atoms with van der Waals surface area (Å²) in [6.45, 7) is -2.49. The van der Waals surface area contributed by atoms with Crippen molar-refractivity contribution in [2.45, 2.75) is 92.1 Å². The Labute approximate surface area is 456 Å². The van der Waals surface area contributed by atoms with Gasteiger partial charge < -0.3 is 123 Å². The molecule has 3 saturated heterocycles. The molecular weight excluding hydrogens is 1080 g/mol. The number of aliphatic hydroxyl groups is 9. The van der Waals surface area contributed by atoms with E-state index in [1.165, 1.54) is 68.8 Å². The molecule has 4 heterocycles. The number of benzene rings is 4. The lowest BCUT2D eigenvalue weighted by molar-refractivity contribution is -0.358. The van der Waals surface area contributed by atoms with Gasteiger partial charge in [0.1, 0.15) is 109 Å². The van der Waals surface area contributed by atoms with Gasteiger partial charge in [0, 0.05) is 29.8 Å². The van der Waals surface area contributed by atoms with Crippen molar-refractivity contribution in [3.05, 3.63) is 100 Å². The van der Waals surface area contributed by atoms with Crippen LogP contribution in [0.1, 0.15) is 11.1 Å². The van der Waals surface area contributed by atoms with Gasteiger partial charge in [-0.1, -0.05) is 6.07 Å². The first-order valence-corrected chi connectivity index (χ1v) is 24.4. The molecule has 0 bridgehead atoms. The largest absolute Gasteiger partial charge is 0.508 e. The maximum absolute atomic E-state index is 14.8. The van der Waals surface area contributed by atoms with E-state index >= 15 is 0 Å². The molecule has 28 nitrogen and oxygen atoms in total. The van der Waals surface area contributed by atoms with Gasteiger partial charge in [-0.15, -0.1) is 0 Å². The third-order valence-electron chi connectivity index (χ3n) is 13.1. The van der Waals surface area contributed by atoms with Gasteiger partial charge in [0.15, 0.2) is 41.2 Å². The lowest BCUT2D eigenvalue weighted by atomic mass is 9.97. The zero-order valence-electron chi connectivity index (χ0n) is 42.4. The summed E-state index contributed by atoms with van der Waals surface area (Å²) in [5, 5.41) is 148. The molecule has 8 rings (SSSR count). The fraction of sp³-hybridized carbons (Fsp3) is 0.377. The second kappa shape index (κ2) is 25.3. The van der Waals surface area contributed by atoms with Crippen LogP contribution >= 0.6 is 0 Å².